The van der Waals surface area contributed by atoms with Crippen LogP contribution in [0.15, 0.2) is 0 Å². The van der Waals surface area contributed by atoms with E-state index in [0.717, 1.165) is 25.8 Å². The molecule has 1 aliphatic carbocycles. The molecule has 0 bridgehead atoms. The number of hydrogen-bond acceptors (Lipinski definition) is 2. The minimum atomic E-state index is -0.649. The van der Waals surface area contributed by atoms with Crippen molar-refractivity contribution in [2.45, 2.75) is 40.0 Å². The summed E-state index contributed by atoms with van der Waals surface area (Å²) < 4.78 is 0. The van der Waals surface area contributed by atoms with Gasteiger partial charge in [0.15, 0.2) is 0 Å². The number of carbonyl (C=O) groups excluding carboxylic acids is 1. The van der Waals surface area contributed by atoms with Crippen molar-refractivity contribution in [1.82, 2.24) is 4.90 Å². The number of rotatable bonds is 5. The van der Waals surface area contributed by atoms with Crippen molar-refractivity contribution < 1.29 is 4.79 Å². The first-order chi connectivity index (χ1) is 7.09. The molecule has 3 heteroatoms. The maximum atomic E-state index is 12.0. The second-order valence-electron chi connectivity index (χ2n) is 4.55. The zero-order valence-corrected chi connectivity index (χ0v) is 9.92. The Morgan fingerprint density at radius 3 is 2.47 bits per heavy atom. The van der Waals surface area contributed by atoms with Gasteiger partial charge in [0.1, 0.15) is 5.41 Å². The Morgan fingerprint density at radius 2 is 2.13 bits per heavy atom. The lowest BCUT2D eigenvalue weighted by atomic mass is 10.0. The summed E-state index contributed by atoms with van der Waals surface area (Å²) in [5.41, 5.74) is -0.649. The summed E-state index contributed by atoms with van der Waals surface area (Å²) in [5.74, 6) is 0.566. The fraction of sp³-hybridized carbons (Fsp3) is 0.833. The Hall–Kier alpha value is -1.04. The lowest BCUT2D eigenvalue weighted by molar-refractivity contribution is -0.135. The first-order valence-electron chi connectivity index (χ1n) is 5.80. The third kappa shape index (κ3) is 2.50. The minimum absolute atomic E-state index is 0.0489. The molecule has 15 heavy (non-hydrogen) atoms. The van der Waals surface area contributed by atoms with Crippen molar-refractivity contribution in [3.05, 3.63) is 0 Å². The van der Waals surface area contributed by atoms with E-state index >= 15 is 0 Å². The van der Waals surface area contributed by atoms with E-state index in [1.165, 1.54) is 0 Å². The highest BCUT2D eigenvalue weighted by atomic mass is 16.2. The van der Waals surface area contributed by atoms with Crippen LogP contribution in [0.5, 0.6) is 0 Å². The third-order valence-corrected chi connectivity index (χ3v) is 3.27. The second-order valence-corrected chi connectivity index (χ2v) is 4.55. The molecule has 1 saturated carbocycles. The molecule has 0 heterocycles. The van der Waals surface area contributed by atoms with E-state index in [2.05, 4.69) is 19.9 Å². The summed E-state index contributed by atoms with van der Waals surface area (Å²) in [6.07, 6.45) is 2.57. The monoisotopic (exact) mass is 208 g/mol. The number of nitriles is 1. The van der Waals surface area contributed by atoms with E-state index in [9.17, 15) is 4.79 Å². The lowest BCUT2D eigenvalue weighted by Crippen LogP contribution is -2.39. The van der Waals surface area contributed by atoms with Gasteiger partial charge >= 0.3 is 0 Å². The first-order valence-corrected chi connectivity index (χ1v) is 5.80. The molecular formula is C12H20N2O. The van der Waals surface area contributed by atoms with Crippen LogP contribution in [0.2, 0.25) is 0 Å². The minimum Gasteiger partial charge on any atom is -0.341 e. The Balaban J connectivity index is 2.60. The van der Waals surface area contributed by atoms with Gasteiger partial charge in [0.2, 0.25) is 5.91 Å². The van der Waals surface area contributed by atoms with Crippen LogP contribution in [0.25, 0.3) is 0 Å². The average molecular weight is 208 g/mol. The lowest BCUT2D eigenvalue weighted by Gasteiger charge is -2.25. The normalized spacial score (nSPS) is 19.1. The van der Waals surface area contributed by atoms with Gasteiger partial charge in [-0.25, -0.2) is 0 Å². The molecule has 0 N–H and O–H groups in total. The van der Waals surface area contributed by atoms with Gasteiger partial charge in [0.05, 0.1) is 6.07 Å². The maximum absolute atomic E-state index is 12.0. The van der Waals surface area contributed by atoms with Crippen LogP contribution in [0.1, 0.15) is 40.0 Å². The molecule has 1 unspecified atom stereocenters. The summed E-state index contributed by atoms with van der Waals surface area (Å²) in [6.45, 7) is 7.75. The molecule has 3 nitrogen and oxygen atoms in total. The summed E-state index contributed by atoms with van der Waals surface area (Å²) in [7, 11) is 0. The molecule has 0 spiro atoms. The first kappa shape index (κ1) is 12.0. The number of nitrogens with zero attached hydrogens (tertiary/aromatic N) is 2. The van der Waals surface area contributed by atoms with E-state index in [1.54, 1.807) is 0 Å². The zero-order valence-electron chi connectivity index (χ0n) is 9.92. The number of amides is 1. The van der Waals surface area contributed by atoms with Crippen LogP contribution in [0.4, 0.5) is 0 Å². The molecule has 0 aliphatic heterocycles. The fourth-order valence-electron chi connectivity index (χ4n) is 1.66. The van der Waals surface area contributed by atoms with Crippen LogP contribution in [-0.4, -0.2) is 23.9 Å². The molecule has 1 atom stereocenters. The maximum Gasteiger partial charge on any atom is 0.243 e. The van der Waals surface area contributed by atoms with Crippen LogP contribution >= 0.6 is 0 Å². The smallest absolute Gasteiger partial charge is 0.243 e. The molecule has 0 aromatic heterocycles. The van der Waals surface area contributed by atoms with Crippen molar-refractivity contribution in [3.63, 3.8) is 0 Å². The van der Waals surface area contributed by atoms with Crippen molar-refractivity contribution >= 4 is 5.91 Å². The van der Waals surface area contributed by atoms with E-state index in [-0.39, 0.29) is 5.91 Å². The van der Waals surface area contributed by atoms with Gasteiger partial charge in [-0.05, 0) is 25.7 Å². The standard InChI is InChI=1S/C12H20N2O/c1-4-10(3)8-14(5-2)11(15)12(9-13)6-7-12/h10H,4-8H2,1-3H3. The van der Waals surface area contributed by atoms with E-state index in [1.807, 2.05) is 11.8 Å². The number of carbonyl (C=O) groups is 1. The molecule has 0 saturated heterocycles. The summed E-state index contributed by atoms with van der Waals surface area (Å²) >= 11 is 0. The van der Waals surface area contributed by atoms with Gasteiger partial charge in [-0.3, -0.25) is 4.79 Å². The molecule has 84 valence electrons. The molecule has 1 fully saturated rings. The second kappa shape index (κ2) is 4.65. The van der Waals surface area contributed by atoms with E-state index in [4.69, 9.17) is 5.26 Å². The largest absolute Gasteiger partial charge is 0.341 e. The van der Waals surface area contributed by atoms with Crippen molar-refractivity contribution in [2.75, 3.05) is 13.1 Å². The Labute approximate surface area is 92.1 Å². The van der Waals surface area contributed by atoms with Crippen LogP contribution < -0.4 is 0 Å². The molecule has 0 aromatic carbocycles. The number of hydrogen-bond donors (Lipinski definition) is 0. The van der Waals surface area contributed by atoms with Crippen molar-refractivity contribution in [2.24, 2.45) is 11.3 Å². The van der Waals surface area contributed by atoms with Gasteiger partial charge in [0, 0.05) is 13.1 Å². The van der Waals surface area contributed by atoms with Gasteiger partial charge in [-0.1, -0.05) is 20.3 Å². The predicted octanol–water partition coefficient (Wildman–Crippen LogP) is 2.18. The summed E-state index contributed by atoms with van der Waals surface area (Å²) in [4.78, 5) is 13.9. The Kier molecular flexibility index (Phi) is 3.73. The Bertz CT molecular complexity index is 276. The van der Waals surface area contributed by atoms with Crippen molar-refractivity contribution in [3.8, 4) is 6.07 Å². The quantitative estimate of drug-likeness (QED) is 0.695. The highest BCUT2D eigenvalue weighted by Gasteiger charge is 2.52. The summed E-state index contributed by atoms with van der Waals surface area (Å²) in [6, 6.07) is 2.17. The van der Waals surface area contributed by atoms with Gasteiger partial charge < -0.3 is 4.90 Å². The van der Waals surface area contributed by atoms with Gasteiger partial charge in [-0.15, -0.1) is 0 Å². The predicted molar refractivity (Wildman–Crippen MR) is 59.0 cm³/mol. The fourth-order valence-corrected chi connectivity index (χ4v) is 1.66. The molecule has 1 aliphatic rings. The molecule has 1 rings (SSSR count). The average Bonchev–Trinajstić information content (AvgIpc) is 3.05. The molecule has 0 radical (unpaired) electrons. The van der Waals surface area contributed by atoms with E-state index in [0.29, 0.717) is 12.5 Å². The molecule has 0 aromatic rings. The van der Waals surface area contributed by atoms with Crippen LogP contribution in [0.3, 0.4) is 0 Å². The van der Waals surface area contributed by atoms with Crippen molar-refractivity contribution in [1.29, 1.82) is 5.26 Å². The topological polar surface area (TPSA) is 44.1 Å². The highest BCUT2D eigenvalue weighted by Crippen LogP contribution is 2.46. The highest BCUT2D eigenvalue weighted by molar-refractivity contribution is 5.88. The van der Waals surface area contributed by atoms with Gasteiger partial charge in [0.25, 0.3) is 0 Å². The third-order valence-electron chi connectivity index (χ3n) is 3.27. The van der Waals surface area contributed by atoms with Crippen LogP contribution in [-0.2, 0) is 4.79 Å². The molecule has 1 amide bonds. The Morgan fingerprint density at radius 1 is 1.53 bits per heavy atom. The molecular weight excluding hydrogens is 188 g/mol. The van der Waals surface area contributed by atoms with E-state index < -0.39 is 5.41 Å². The van der Waals surface area contributed by atoms with Crippen LogP contribution in [0, 0.1) is 22.7 Å². The summed E-state index contributed by atoms with van der Waals surface area (Å²) in [5, 5.41) is 8.97. The SMILES string of the molecule is CCC(C)CN(CC)C(=O)C1(C#N)CC1. The van der Waals surface area contributed by atoms with Gasteiger partial charge in [-0.2, -0.15) is 5.26 Å². The zero-order chi connectivity index (χ0) is 11.5.